The van der Waals surface area contributed by atoms with Gasteiger partial charge in [-0.25, -0.2) is 9.59 Å². The number of nitrogens with one attached hydrogen (secondary N) is 7. The Balaban J connectivity index is 1.04. The van der Waals surface area contributed by atoms with Crippen LogP contribution in [0, 0.1) is 5.92 Å². The summed E-state index contributed by atoms with van der Waals surface area (Å²) < 4.78 is 51.0. The number of carbonyl (C=O) groups is 9. The highest BCUT2D eigenvalue weighted by molar-refractivity contribution is 6.32. The smallest absolute Gasteiger partial charge is 0.410 e. The van der Waals surface area contributed by atoms with Gasteiger partial charge in [-0.15, -0.1) is 6.58 Å². The maximum Gasteiger partial charge on any atom is 0.410 e. The predicted molar refractivity (Wildman–Crippen MR) is 434 cm³/mol. The van der Waals surface area contributed by atoms with E-state index in [9.17, 15) is 70.2 Å². The van der Waals surface area contributed by atoms with E-state index in [1.54, 1.807) is 82.3 Å². The third-order valence-corrected chi connectivity index (χ3v) is 22.1. The minimum atomic E-state index is -2.42. The summed E-state index contributed by atoms with van der Waals surface area (Å²) in [5, 5.41) is 134. The maximum absolute atomic E-state index is 16.3. The van der Waals surface area contributed by atoms with E-state index in [2.05, 4.69) is 43.8 Å². The van der Waals surface area contributed by atoms with E-state index >= 15 is 24.0 Å². The van der Waals surface area contributed by atoms with Gasteiger partial charge < -0.3 is 132 Å². The number of nitrogens with two attached hydrogens (primary N) is 1. The monoisotopic (exact) mass is 1740 g/mol. The number of benzene rings is 7. The zero-order valence-electron chi connectivity index (χ0n) is 66.7. The van der Waals surface area contributed by atoms with E-state index in [0.29, 0.717) is 24.3 Å². The third kappa shape index (κ3) is 20.6. The Morgan fingerprint density at radius 3 is 1.99 bits per heavy atom. The second-order valence-corrected chi connectivity index (χ2v) is 31.7. The SMILES string of the molecule is C=CCCOc1cccc(CN[C@@]2(C)C[C@H](O[C@H]3[C@H](Oc4c5cc6cc4Oc4ccc(cc4Cl)[C@@H](O)[C@@H](NC(=O)[C@@H](CC(C)C)N(C)C(=O)OCc4ccccc4)C(=O)N[C@@H](CC(N)=O)C(=O)N[C@H]6C(=O)N[C@H]4C(=O)N[C@H](C(=O)N[C@H](C(=O)O)c6cc(O)cc(O)c6-c6cc4ccc6O)[C@H](O)c4ccc(c(Cl)c4)O5)O[C@H](CO)[C@@H](O)[C@@H]3O)O[C@@H](C)[C@H]2O)c1. The second kappa shape index (κ2) is 38.7. The number of amides is 8. The van der Waals surface area contributed by atoms with Crippen molar-refractivity contribution in [1.29, 1.82) is 0 Å². The van der Waals surface area contributed by atoms with E-state index in [0.717, 1.165) is 83.3 Å². The van der Waals surface area contributed by atoms with Gasteiger partial charge in [0.25, 0.3) is 0 Å². The highest BCUT2D eigenvalue weighted by atomic mass is 35.5. The van der Waals surface area contributed by atoms with Gasteiger partial charge >= 0.3 is 12.1 Å². The molecule has 7 aliphatic rings. The number of aliphatic carboxylic acids is 1. The van der Waals surface area contributed by atoms with Crippen molar-refractivity contribution in [3.05, 3.63) is 195 Å². The summed E-state index contributed by atoms with van der Waals surface area (Å²) in [7, 11) is 1.26. The first-order chi connectivity index (χ1) is 58.5. The van der Waals surface area contributed by atoms with Gasteiger partial charge in [-0.1, -0.05) is 104 Å². The van der Waals surface area contributed by atoms with Gasteiger partial charge in [-0.3, -0.25) is 38.5 Å². The maximum atomic E-state index is 16.3. The number of aliphatic hydroxyl groups is 6. The van der Waals surface area contributed by atoms with Crippen LogP contribution in [0.25, 0.3) is 11.1 Å². The molecule has 38 heteroatoms. The van der Waals surface area contributed by atoms with Crippen LogP contribution in [-0.4, -0.2) is 209 Å². The second-order valence-electron chi connectivity index (χ2n) is 30.9. The van der Waals surface area contributed by atoms with Crippen molar-refractivity contribution in [2.24, 2.45) is 11.7 Å². The molecule has 0 aromatic heterocycles. The van der Waals surface area contributed by atoms with Gasteiger partial charge in [0.1, 0.15) is 108 Å². The summed E-state index contributed by atoms with van der Waals surface area (Å²) in [6.07, 6.45) is -18.1. The molecule has 0 aliphatic carbocycles. The van der Waals surface area contributed by atoms with Crippen LogP contribution < -0.4 is 61.9 Å². The van der Waals surface area contributed by atoms with Crippen LogP contribution in [0.5, 0.6) is 51.7 Å². The number of aromatic hydroxyl groups is 3. The molecule has 19 N–H and O–H groups in total. The summed E-state index contributed by atoms with van der Waals surface area (Å²) in [5.74, 6) is -16.5. The van der Waals surface area contributed by atoms with E-state index in [-0.39, 0.29) is 48.6 Å². The lowest BCUT2D eigenvalue weighted by atomic mass is 9.84. The number of phenols is 3. The van der Waals surface area contributed by atoms with Gasteiger partial charge in [0.05, 0.1) is 41.9 Å². The van der Waals surface area contributed by atoms with Gasteiger partial charge in [0.2, 0.25) is 53.4 Å². The number of nitrogens with zero attached hydrogens (tertiary/aromatic N) is 1. The summed E-state index contributed by atoms with van der Waals surface area (Å²) in [6, 6.07) is 13.9. The molecule has 0 spiro atoms. The first-order valence-corrected chi connectivity index (χ1v) is 39.8. The number of phenolic OH excluding ortho intramolecular Hbond substituents is 3. The topological polar surface area (TPSA) is 543 Å². The molecule has 0 unspecified atom stereocenters. The normalized spacial score (nSPS) is 26.1. The lowest BCUT2D eigenvalue weighted by molar-refractivity contribution is -0.334. The number of carboxylic acids is 1. The van der Waals surface area contributed by atoms with Crippen LogP contribution in [0.15, 0.2) is 146 Å². The number of hydrogen-bond acceptors (Lipinski definition) is 27. The average Bonchev–Trinajstić information content (AvgIpc) is 0.767. The Kier molecular flexibility index (Phi) is 28.4. The molecule has 14 rings (SSSR count). The Labute approximate surface area is 713 Å². The Morgan fingerprint density at radius 1 is 0.707 bits per heavy atom. The molecule has 11 bridgehead atoms. The van der Waals surface area contributed by atoms with Crippen molar-refractivity contribution >= 4 is 76.6 Å². The summed E-state index contributed by atoms with van der Waals surface area (Å²) >= 11 is 14.4. The molecule has 0 saturated carbocycles. The zero-order valence-corrected chi connectivity index (χ0v) is 68.2. The number of primary amides is 1. The Bertz CT molecular complexity index is 5170. The number of halogens is 2. The van der Waals surface area contributed by atoms with E-state index in [1.165, 1.54) is 13.1 Å². The largest absolute Gasteiger partial charge is 0.508 e. The quantitative estimate of drug-likeness (QED) is 0.0315. The lowest BCUT2D eigenvalue weighted by Crippen LogP contribution is -2.65. The molecule has 123 heavy (non-hydrogen) atoms. The number of ether oxygens (including phenoxy) is 8. The molecule has 0 radical (unpaired) electrons. The van der Waals surface area contributed by atoms with Crippen molar-refractivity contribution in [1.82, 2.24) is 42.1 Å². The summed E-state index contributed by atoms with van der Waals surface area (Å²) in [6.45, 7) is 9.74. The number of hydrogen-bond donors (Lipinski definition) is 18. The first kappa shape index (κ1) is 90.3. The number of fused-ring (bicyclic) bond motifs is 15. The summed E-state index contributed by atoms with van der Waals surface area (Å²) in [5.41, 5.74) is 2.83. The molecule has 7 aromatic rings. The molecule has 7 heterocycles. The van der Waals surface area contributed by atoms with Crippen LogP contribution in [0.4, 0.5) is 4.79 Å². The predicted octanol–water partition coefficient (Wildman–Crippen LogP) is 4.94. The summed E-state index contributed by atoms with van der Waals surface area (Å²) in [4.78, 5) is 135. The molecule has 7 aromatic carbocycles. The van der Waals surface area contributed by atoms with Crippen LogP contribution in [0.3, 0.4) is 0 Å². The molecule has 18 atom stereocenters. The molecular weight excluding hydrogens is 1650 g/mol. The fourth-order valence-electron chi connectivity index (χ4n) is 15.0. The van der Waals surface area contributed by atoms with Gasteiger partial charge in [0.15, 0.2) is 29.9 Å². The van der Waals surface area contributed by atoms with Gasteiger partial charge in [-0.05, 0) is 133 Å². The molecular formula is C85H93Cl2N9O27. The van der Waals surface area contributed by atoms with Crippen LogP contribution in [-0.2, 0) is 70.5 Å². The zero-order chi connectivity index (χ0) is 88.7. The average molecular weight is 1740 g/mol. The highest BCUT2D eigenvalue weighted by Gasteiger charge is 2.52. The number of rotatable bonds is 22. The molecule has 8 amide bonds. The van der Waals surface area contributed by atoms with Crippen LogP contribution in [0.1, 0.15) is 123 Å². The first-order valence-electron chi connectivity index (χ1n) is 39.0. The van der Waals surface area contributed by atoms with Crippen molar-refractivity contribution in [3.8, 4) is 62.9 Å². The molecule has 654 valence electrons. The number of aliphatic hydroxyl groups excluding tert-OH is 6. The molecule has 36 nitrogen and oxygen atoms in total. The van der Waals surface area contributed by atoms with Crippen molar-refractivity contribution in [3.63, 3.8) is 0 Å². The number of carboxylic acid groups (broad SMARTS) is 1. The van der Waals surface area contributed by atoms with Gasteiger partial charge in [0, 0.05) is 48.3 Å². The fourth-order valence-corrected chi connectivity index (χ4v) is 15.4. The van der Waals surface area contributed by atoms with Crippen LogP contribution in [0.2, 0.25) is 10.0 Å². The number of likely N-dealkylation sites (N-methyl/N-ethyl adjacent to an activating group) is 1. The fraction of sp³-hybridized carbons (Fsp3) is 0.376. The third-order valence-electron chi connectivity index (χ3n) is 21.5. The Morgan fingerprint density at radius 2 is 1.35 bits per heavy atom. The minimum absolute atomic E-state index is 0.0873. The molecule has 2 saturated heterocycles. The van der Waals surface area contributed by atoms with E-state index in [4.69, 9.17) is 66.8 Å². The van der Waals surface area contributed by atoms with Crippen molar-refractivity contribution in [2.75, 3.05) is 20.3 Å². The number of carbonyl (C=O) groups excluding carboxylic acids is 8. The standard InChI is InChI=1S/C85H93Cl2N9O27/c1-7-8-23-116-47-16-12-15-41(25-47)35-89-85(5)34-62(118-39(4)75(85)106)122-74-72(105)71(104)60(36-97)121-83(74)123-73-58-29-45-30-59(73)120-57-22-19-44(28-51(57)87)70(103)68-81(112)93-66(82(113)114)49-31-46(98)32-55(100)63(49)48-26-42(17-20-54(48)99)64(78(109)95-68)92-79(110)65(45)91-76(107)52(33-61(88)101)90-80(111)67(69(102)43-18-21-56(119-58)50(86)27-43)94-77(108)53(24-38(2)3)96(6)84(115)117-37-40-13-10-9-11-14-40/h7,9-22,25-32,38-39,52-53,60,62,64-72,74-75,83,89,97-100,102-106H,1,8,23-24,33-37H2,2-6H3,(H2,88,101)(H,90,111)(H,91,107)(H,92,110)(H,93,112)(H,94,108)(H,95,109)(H,113,114)/t39-,52-,53+,60+,62-,64+,65+,66-,67+,68-,69+,70+,71+,72-,74+,75+,83-,85-/m0/s1. The van der Waals surface area contributed by atoms with Crippen molar-refractivity contribution in [2.45, 2.75) is 176 Å². The van der Waals surface area contributed by atoms with Gasteiger partial charge in [-0.2, -0.15) is 0 Å². The molecule has 7 aliphatic heterocycles. The lowest BCUT2D eigenvalue weighted by Gasteiger charge is -2.48. The van der Waals surface area contributed by atoms with E-state index in [1.807, 2.05) is 6.07 Å². The Hall–Kier alpha value is -11.9. The van der Waals surface area contributed by atoms with E-state index < -0.39 is 254 Å². The molecule has 2 fully saturated rings. The van der Waals surface area contributed by atoms with Crippen molar-refractivity contribution < 1.29 is 132 Å². The highest BCUT2D eigenvalue weighted by Crippen LogP contribution is 2.50. The minimum Gasteiger partial charge on any atom is -0.508 e. The van der Waals surface area contributed by atoms with Crippen LogP contribution >= 0.6 is 23.2 Å².